The minimum absolute atomic E-state index is 0.607. The highest BCUT2D eigenvalue weighted by molar-refractivity contribution is 7.17. The van der Waals surface area contributed by atoms with Gasteiger partial charge in [0.05, 0.1) is 4.34 Å². The third-order valence-electron chi connectivity index (χ3n) is 1.30. The van der Waals surface area contributed by atoms with Crippen LogP contribution in [0.3, 0.4) is 0 Å². The van der Waals surface area contributed by atoms with Gasteiger partial charge in [-0.15, -0.1) is 11.3 Å². The summed E-state index contributed by atoms with van der Waals surface area (Å²) in [6.45, 7) is 2.61. The van der Waals surface area contributed by atoms with Crippen molar-refractivity contribution in [1.29, 1.82) is 0 Å². The highest BCUT2D eigenvalue weighted by Crippen LogP contribution is 2.23. The van der Waals surface area contributed by atoms with Crippen LogP contribution in [0, 0.1) is 0 Å². The fourth-order valence-electron chi connectivity index (χ4n) is 0.708. The molecule has 0 saturated heterocycles. The van der Waals surface area contributed by atoms with Crippen molar-refractivity contribution in [1.82, 2.24) is 0 Å². The van der Waals surface area contributed by atoms with Crippen molar-refractivity contribution in [3.05, 3.63) is 26.9 Å². The first-order chi connectivity index (χ1) is 5.22. The van der Waals surface area contributed by atoms with Crippen LogP contribution in [0.1, 0.15) is 11.8 Å². The zero-order chi connectivity index (χ0) is 8.27. The Balaban J connectivity index is 2.78. The monoisotopic (exact) mass is 187 g/mol. The zero-order valence-corrected chi connectivity index (χ0v) is 7.88. The first-order valence-electron chi connectivity index (χ1n) is 3.35. The normalized spacial score (nSPS) is 12.1. The van der Waals surface area contributed by atoms with Gasteiger partial charge in [-0.3, -0.25) is 0 Å². The molecule has 2 N–H and O–H groups in total. The second-order valence-corrected chi connectivity index (χ2v) is 4.08. The predicted molar refractivity (Wildman–Crippen MR) is 52.0 cm³/mol. The molecule has 0 fully saturated rings. The molecule has 0 aromatic carbocycles. The van der Waals surface area contributed by atoms with E-state index in [0.717, 1.165) is 9.21 Å². The standard InChI is InChI=1S/C8H10ClNS/c1-6(5-10)4-7-2-3-8(9)11-7/h2-4H,5,10H2,1H3/b6-4-. The largest absolute Gasteiger partial charge is 0.327 e. The molecule has 1 heterocycles. The third-order valence-corrected chi connectivity index (χ3v) is 2.48. The number of thiophene rings is 1. The van der Waals surface area contributed by atoms with Crippen LogP contribution in [-0.2, 0) is 0 Å². The van der Waals surface area contributed by atoms with Gasteiger partial charge in [0.2, 0.25) is 0 Å². The van der Waals surface area contributed by atoms with Crippen molar-refractivity contribution in [2.75, 3.05) is 6.54 Å². The van der Waals surface area contributed by atoms with Gasteiger partial charge in [-0.2, -0.15) is 0 Å². The van der Waals surface area contributed by atoms with Crippen LogP contribution in [0.2, 0.25) is 4.34 Å². The predicted octanol–water partition coefficient (Wildman–Crippen LogP) is 2.76. The molecule has 60 valence electrons. The molecule has 1 aromatic rings. The average Bonchev–Trinajstić information content (AvgIpc) is 2.35. The lowest BCUT2D eigenvalue weighted by Gasteiger charge is -1.91. The molecule has 0 radical (unpaired) electrons. The van der Waals surface area contributed by atoms with E-state index in [1.807, 2.05) is 19.1 Å². The molecule has 0 saturated carbocycles. The van der Waals surface area contributed by atoms with Gasteiger partial charge >= 0.3 is 0 Å². The van der Waals surface area contributed by atoms with E-state index in [2.05, 4.69) is 6.08 Å². The first-order valence-corrected chi connectivity index (χ1v) is 4.54. The van der Waals surface area contributed by atoms with E-state index >= 15 is 0 Å². The Morgan fingerprint density at radius 2 is 2.45 bits per heavy atom. The van der Waals surface area contributed by atoms with Crippen LogP contribution < -0.4 is 5.73 Å². The van der Waals surface area contributed by atoms with E-state index in [1.54, 1.807) is 11.3 Å². The van der Waals surface area contributed by atoms with Crippen LogP contribution in [0.5, 0.6) is 0 Å². The summed E-state index contributed by atoms with van der Waals surface area (Å²) < 4.78 is 0.820. The Bertz CT molecular complexity index is 265. The number of hydrogen-bond acceptors (Lipinski definition) is 2. The second kappa shape index (κ2) is 3.90. The van der Waals surface area contributed by atoms with Crippen molar-refractivity contribution in [3.8, 4) is 0 Å². The highest BCUT2D eigenvalue weighted by atomic mass is 35.5. The van der Waals surface area contributed by atoms with E-state index in [-0.39, 0.29) is 0 Å². The molecule has 0 aliphatic carbocycles. The SMILES string of the molecule is C/C(=C/c1ccc(Cl)s1)CN. The smallest absolute Gasteiger partial charge is 0.0934 e. The molecule has 0 unspecified atom stereocenters. The number of halogens is 1. The molecule has 0 atom stereocenters. The molecule has 1 nitrogen and oxygen atoms in total. The Morgan fingerprint density at radius 3 is 2.91 bits per heavy atom. The molecule has 0 bridgehead atoms. The number of rotatable bonds is 2. The fourth-order valence-corrected chi connectivity index (χ4v) is 1.80. The molecule has 0 aliphatic rings. The van der Waals surface area contributed by atoms with Crippen molar-refractivity contribution in [3.63, 3.8) is 0 Å². The van der Waals surface area contributed by atoms with Crippen LogP contribution in [0.4, 0.5) is 0 Å². The van der Waals surface area contributed by atoms with Gasteiger partial charge in [-0.05, 0) is 25.1 Å². The summed E-state index contributed by atoms with van der Waals surface area (Å²) in [5.41, 5.74) is 6.60. The van der Waals surface area contributed by atoms with Gasteiger partial charge in [0.15, 0.2) is 0 Å². The Morgan fingerprint density at radius 1 is 1.73 bits per heavy atom. The topological polar surface area (TPSA) is 26.0 Å². The minimum atomic E-state index is 0.607. The second-order valence-electron chi connectivity index (χ2n) is 2.34. The van der Waals surface area contributed by atoms with Crippen molar-refractivity contribution in [2.45, 2.75) is 6.92 Å². The van der Waals surface area contributed by atoms with Crippen LogP contribution >= 0.6 is 22.9 Å². The molecule has 11 heavy (non-hydrogen) atoms. The summed E-state index contributed by atoms with van der Waals surface area (Å²) in [5, 5.41) is 0. The molecule has 1 aromatic heterocycles. The van der Waals surface area contributed by atoms with Gasteiger partial charge in [-0.1, -0.05) is 17.2 Å². The lowest BCUT2D eigenvalue weighted by molar-refractivity contribution is 1.15. The average molecular weight is 188 g/mol. The van der Waals surface area contributed by atoms with Gasteiger partial charge in [0.25, 0.3) is 0 Å². The minimum Gasteiger partial charge on any atom is -0.327 e. The summed E-state index contributed by atoms with van der Waals surface area (Å²) in [6.07, 6.45) is 2.05. The summed E-state index contributed by atoms with van der Waals surface area (Å²) in [5.74, 6) is 0. The molecule has 0 aliphatic heterocycles. The van der Waals surface area contributed by atoms with Gasteiger partial charge in [0.1, 0.15) is 0 Å². The maximum Gasteiger partial charge on any atom is 0.0934 e. The Kier molecular flexibility index (Phi) is 3.12. The van der Waals surface area contributed by atoms with Crippen LogP contribution in [0.25, 0.3) is 6.08 Å². The van der Waals surface area contributed by atoms with E-state index in [1.165, 1.54) is 5.57 Å². The fraction of sp³-hybridized carbons (Fsp3) is 0.250. The molecular weight excluding hydrogens is 178 g/mol. The molecule has 3 heteroatoms. The van der Waals surface area contributed by atoms with Crippen LogP contribution in [-0.4, -0.2) is 6.54 Å². The van der Waals surface area contributed by atoms with Crippen molar-refractivity contribution in [2.24, 2.45) is 5.73 Å². The molecule has 0 spiro atoms. The van der Waals surface area contributed by atoms with Crippen molar-refractivity contribution < 1.29 is 0 Å². The molecule has 0 amide bonds. The first kappa shape index (κ1) is 8.78. The molecular formula is C8H10ClNS. The number of hydrogen-bond donors (Lipinski definition) is 1. The van der Waals surface area contributed by atoms with Gasteiger partial charge < -0.3 is 5.73 Å². The maximum absolute atomic E-state index is 5.75. The number of nitrogens with two attached hydrogens (primary N) is 1. The highest BCUT2D eigenvalue weighted by Gasteiger charge is 1.93. The lowest BCUT2D eigenvalue weighted by atomic mass is 10.2. The van der Waals surface area contributed by atoms with Gasteiger partial charge in [0, 0.05) is 11.4 Å². The Labute approximate surface area is 75.5 Å². The third kappa shape index (κ3) is 2.66. The maximum atomic E-state index is 5.75. The van der Waals surface area contributed by atoms with Crippen LogP contribution in [0.15, 0.2) is 17.7 Å². The summed E-state index contributed by atoms with van der Waals surface area (Å²) in [7, 11) is 0. The lowest BCUT2D eigenvalue weighted by Crippen LogP contribution is -1.98. The zero-order valence-electron chi connectivity index (χ0n) is 6.30. The Hall–Kier alpha value is -0.310. The summed E-state index contributed by atoms with van der Waals surface area (Å²) >= 11 is 7.31. The quantitative estimate of drug-likeness (QED) is 0.757. The van der Waals surface area contributed by atoms with Gasteiger partial charge in [-0.25, -0.2) is 0 Å². The van der Waals surface area contributed by atoms with Crippen molar-refractivity contribution >= 4 is 29.0 Å². The summed E-state index contributed by atoms with van der Waals surface area (Å²) in [4.78, 5) is 1.16. The van der Waals surface area contributed by atoms with E-state index < -0.39 is 0 Å². The summed E-state index contributed by atoms with van der Waals surface area (Å²) in [6, 6.07) is 3.88. The van der Waals surface area contributed by atoms with E-state index in [9.17, 15) is 0 Å². The van der Waals surface area contributed by atoms with E-state index in [4.69, 9.17) is 17.3 Å². The molecule has 1 rings (SSSR count). The van der Waals surface area contributed by atoms with E-state index in [0.29, 0.717) is 6.54 Å².